The van der Waals surface area contributed by atoms with Crippen molar-refractivity contribution in [2.24, 2.45) is 5.73 Å². The van der Waals surface area contributed by atoms with Crippen molar-refractivity contribution in [3.05, 3.63) is 78.7 Å². The Hall–Kier alpha value is -1.60. The van der Waals surface area contributed by atoms with Crippen molar-refractivity contribution >= 4 is 0 Å². The average molecular weight is 224 g/mol. The zero-order chi connectivity index (χ0) is 12.1. The van der Waals surface area contributed by atoms with Gasteiger partial charge in [-0.15, -0.1) is 0 Å². The van der Waals surface area contributed by atoms with Crippen LogP contribution < -0.4 is 5.73 Å². The van der Waals surface area contributed by atoms with Crippen molar-refractivity contribution in [3.63, 3.8) is 0 Å². The number of rotatable bonds is 4. The maximum absolute atomic E-state index is 6.22. The summed E-state index contributed by atoms with van der Waals surface area (Å²) in [6.45, 7) is 3.93. The molecule has 2 aromatic rings. The Morgan fingerprint density at radius 2 is 1.24 bits per heavy atom. The zero-order valence-corrected chi connectivity index (χ0v) is 9.92. The molecule has 0 amide bonds. The molecule has 0 spiro atoms. The minimum atomic E-state index is 0.0554. The molecule has 17 heavy (non-hydrogen) atoms. The van der Waals surface area contributed by atoms with E-state index in [1.54, 1.807) is 0 Å². The van der Waals surface area contributed by atoms with Gasteiger partial charge in [-0.25, -0.2) is 0 Å². The van der Waals surface area contributed by atoms with Gasteiger partial charge in [0.2, 0.25) is 0 Å². The first-order chi connectivity index (χ1) is 8.33. The third-order valence-corrected chi connectivity index (χ3v) is 3.08. The second-order valence-electron chi connectivity index (χ2n) is 4.25. The van der Waals surface area contributed by atoms with Crippen LogP contribution in [0, 0.1) is 6.92 Å². The van der Waals surface area contributed by atoms with Gasteiger partial charge >= 0.3 is 0 Å². The summed E-state index contributed by atoms with van der Waals surface area (Å²) in [5.74, 6) is 0.231. The van der Waals surface area contributed by atoms with Gasteiger partial charge in [-0.05, 0) is 17.5 Å². The van der Waals surface area contributed by atoms with Crippen LogP contribution in [0.2, 0.25) is 0 Å². The molecular weight excluding hydrogens is 206 g/mol. The van der Waals surface area contributed by atoms with Crippen LogP contribution in [0.3, 0.4) is 0 Å². The van der Waals surface area contributed by atoms with E-state index in [4.69, 9.17) is 5.73 Å². The minimum absolute atomic E-state index is 0.0554. The number of nitrogens with two attached hydrogens (primary N) is 1. The molecule has 2 aromatic carbocycles. The third kappa shape index (κ3) is 2.75. The SMILES string of the molecule is [CH2]CC(N)C(c1ccccc1)c1ccccc1. The summed E-state index contributed by atoms with van der Waals surface area (Å²) in [5.41, 5.74) is 8.74. The molecule has 87 valence electrons. The first-order valence-corrected chi connectivity index (χ1v) is 5.97. The van der Waals surface area contributed by atoms with Gasteiger partial charge in [0.05, 0.1) is 0 Å². The number of benzene rings is 2. The van der Waals surface area contributed by atoms with Crippen LogP contribution >= 0.6 is 0 Å². The molecular formula is C16H18N. The van der Waals surface area contributed by atoms with Crippen molar-refractivity contribution in [1.29, 1.82) is 0 Å². The lowest BCUT2D eigenvalue weighted by Gasteiger charge is -2.23. The largest absolute Gasteiger partial charge is 0.327 e. The van der Waals surface area contributed by atoms with E-state index in [1.807, 2.05) is 12.1 Å². The van der Waals surface area contributed by atoms with Crippen molar-refractivity contribution in [3.8, 4) is 0 Å². The average Bonchev–Trinajstić information content (AvgIpc) is 2.41. The van der Waals surface area contributed by atoms with Crippen LogP contribution in [-0.2, 0) is 0 Å². The molecule has 0 heterocycles. The highest BCUT2D eigenvalue weighted by Gasteiger charge is 2.19. The Labute approximate surface area is 103 Å². The van der Waals surface area contributed by atoms with Gasteiger partial charge in [-0.1, -0.05) is 67.6 Å². The smallest absolute Gasteiger partial charge is 0.0241 e. The molecule has 0 saturated carbocycles. The lowest BCUT2D eigenvalue weighted by atomic mass is 9.84. The van der Waals surface area contributed by atoms with Crippen LogP contribution in [0.25, 0.3) is 0 Å². The van der Waals surface area contributed by atoms with Crippen LogP contribution in [-0.4, -0.2) is 6.04 Å². The highest BCUT2D eigenvalue weighted by molar-refractivity contribution is 5.34. The summed E-state index contributed by atoms with van der Waals surface area (Å²) in [5, 5.41) is 0. The summed E-state index contributed by atoms with van der Waals surface area (Å²) < 4.78 is 0. The maximum Gasteiger partial charge on any atom is 0.0241 e. The predicted molar refractivity (Wildman–Crippen MR) is 72.7 cm³/mol. The Kier molecular flexibility index (Phi) is 3.94. The molecule has 1 unspecified atom stereocenters. The zero-order valence-electron chi connectivity index (χ0n) is 9.92. The molecule has 0 aromatic heterocycles. The minimum Gasteiger partial charge on any atom is -0.327 e. The summed E-state index contributed by atoms with van der Waals surface area (Å²) in [4.78, 5) is 0. The van der Waals surface area contributed by atoms with Gasteiger partial charge in [0.25, 0.3) is 0 Å². The molecule has 0 aliphatic heterocycles. The van der Waals surface area contributed by atoms with E-state index in [2.05, 4.69) is 55.5 Å². The highest BCUT2D eigenvalue weighted by atomic mass is 14.6. The first-order valence-electron chi connectivity index (χ1n) is 5.97. The summed E-state index contributed by atoms with van der Waals surface area (Å²) in [6, 6.07) is 20.9. The monoisotopic (exact) mass is 224 g/mol. The van der Waals surface area contributed by atoms with E-state index in [0.717, 1.165) is 6.42 Å². The van der Waals surface area contributed by atoms with Crippen LogP contribution in [0.4, 0.5) is 0 Å². The molecule has 2 rings (SSSR count). The van der Waals surface area contributed by atoms with Crippen LogP contribution in [0.15, 0.2) is 60.7 Å². The van der Waals surface area contributed by atoms with E-state index in [-0.39, 0.29) is 12.0 Å². The van der Waals surface area contributed by atoms with E-state index in [0.29, 0.717) is 0 Å². The first kappa shape index (κ1) is 11.9. The fourth-order valence-corrected chi connectivity index (χ4v) is 2.17. The summed E-state index contributed by atoms with van der Waals surface area (Å²) in [6.07, 6.45) is 0.731. The summed E-state index contributed by atoms with van der Waals surface area (Å²) in [7, 11) is 0. The molecule has 0 aliphatic carbocycles. The van der Waals surface area contributed by atoms with E-state index >= 15 is 0 Å². The molecule has 1 heteroatoms. The molecule has 2 N–H and O–H groups in total. The van der Waals surface area contributed by atoms with Gasteiger partial charge in [-0.3, -0.25) is 0 Å². The van der Waals surface area contributed by atoms with Crippen molar-refractivity contribution in [2.45, 2.75) is 18.4 Å². The lowest BCUT2D eigenvalue weighted by molar-refractivity contribution is 0.599. The second kappa shape index (κ2) is 5.65. The van der Waals surface area contributed by atoms with Crippen LogP contribution in [0.1, 0.15) is 23.5 Å². The van der Waals surface area contributed by atoms with Gasteiger partial charge in [0.1, 0.15) is 0 Å². The van der Waals surface area contributed by atoms with Gasteiger partial charge in [0.15, 0.2) is 0 Å². The quantitative estimate of drug-likeness (QED) is 0.846. The van der Waals surface area contributed by atoms with Gasteiger partial charge < -0.3 is 5.73 Å². The highest BCUT2D eigenvalue weighted by Crippen LogP contribution is 2.28. The number of hydrogen-bond acceptors (Lipinski definition) is 1. The lowest BCUT2D eigenvalue weighted by Crippen LogP contribution is -2.28. The Balaban J connectivity index is 2.39. The van der Waals surface area contributed by atoms with Gasteiger partial charge in [-0.2, -0.15) is 0 Å². The normalized spacial score (nSPS) is 12.6. The van der Waals surface area contributed by atoms with Gasteiger partial charge in [0, 0.05) is 12.0 Å². The standard InChI is InChI=1S/C16H18N/c1-2-15(17)16(13-9-5-3-6-10-13)14-11-7-4-8-12-14/h3-12,15-16H,1-2,17H2. The van der Waals surface area contributed by atoms with E-state index < -0.39 is 0 Å². The fourth-order valence-electron chi connectivity index (χ4n) is 2.17. The topological polar surface area (TPSA) is 26.0 Å². The van der Waals surface area contributed by atoms with Crippen molar-refractivity contribution < 1.29 is 0 Å². The van der Waals surface area contributed by atoms with Crippen molar-refractivity contribution in [2.75, 3.05) is 0 Å². The van der Waals surface area contributed by atoms with E-state index in [1.165, 1.54) is 11.1 Å². The molecule has 1 radical (unpaired) electrons. The number of hydrogen-bond donors (Lipinski definition) is 1. The maximum atomic E-state index is 6.22. The second-order valence-corrected chi connectivity index (χ2v) is 4.25. The van der Waals surface area contributed by atoms with Crippen molar-refractivity contribution in [1.82, 2.24) is 0 Å². The predicted octanol–water partition coefficient (Wildman–Crippen LogP) is 3.37. The van der Waals surface area contributed by atoms with Crippen LogP contribution in [0.5, 0.6) is 0 Å². The Morgan fingerprint density at radius 3 is 1.59 bits per heavy atom. The molecule has 0 aliphatic rings. The Morgan fingerprint density at radius 1 is 0.824 bits per heavy atom. The molecule has 1 nitrogen and oxygen atoms in total. The molecule has 0 bridgehead atoms. The van der Waals surface area contributed by atoms with E-state index in [9.17, 15) is 0 Å². The fraction of sp³-hybridized carbons (Fsp3) is 0.188. The molecule has 1 atom stereocenters. The molecule has 0 fully saturated rings. The third-order valence-electron chi connectivity index (χ3n) is 3.08. The summed E-state index contributed by atoms with van der Waals surface area (Å²) >= 11 is 0. The molecule has 0 saturated heterocycles. The Bertz CT molecular complexity index is 396.